The zero-order valence-corrected chi connectivity index (χ0v) is 9.93. The summed E-state index contributed by atoms with van der Waals surface area (Å²) >= 11 is 0. The van der Waals surface area contributed by atoms with Crippen LogP contribution in [0.2, 0.25) is 0 Å². The third kappa shape index (κ3) is 2.13. The molecule has 0 spiro atoms. The average molecular weight is 232 g/mol. The first-order valence-electron chi connectivity index (χ1n) is 6.02. The lowest BCUT2D eigenvalue weighted by Crippen LogP contribution is -2.35. The van der Waals surface area contributed by atoms with Gasteiger partial charge in [-0.15, -0.1) is 0 Å². The van der Waals surface area contributed by atoms with Crippen molar-refractivity contribution in [3.8, 4) is 5.88 Å². The molecule has 1 aliphatic heterocycles. The number of para-hydroxylation sites is 1. The van der Waals surface area contributed by atoms with E-state index in [4.69, 9.17) is 9.26 Å². The van der Waals surface area contributed by atoms with E-state index in [0.717, 1.165) is 36.9 Å². The van der Waals surface area contributed by atoms with Gasteiger partial charge in [0.25, 0.3) is 5.88 Å². The molecule has 0 atom stereocenters. The molecule has 90 valence electrons. The number of aromatic nitrogens is 1. The van der Waals surface area contributed by atoms with Crippen molar-refractivity contribution in [2.45, 2.75) is 18.9 Å². The summed E-state index contributed by atoms with van der Waals surface area (Å²) in [5.74, 6) is 0.634. The van der Waals surface area contributed by atoms with Crippen LogP contribution in [-0.2, 0) is 0 Å². The predicted octanol–water partition coefficient (Wildman–Crippen LogP) is 2.30. The minimum atomic E-state index is 0.264. The van der Waals surface area contributed by atoms with Crippen LogP contribution in [-0.4, -0.2) is 36.3 Å². The second-order valence-corrected chi connectivity index (χ2v) is 4.60. The van der Waals surface area contributed by atoms with E-state index in [-0.39, 0.29) is 6.10 Å². The Hall–Kier alpha value is -1.55. The van der Waals surface area contributed by atoms with Gasteiger partial charge < -0.3 is 14.2 Å². The molecular formula is C13H16N2O2. The van der Waals surface area contributed by atoms with Gasteiger partial charge in [-0.1, -0.05) is 12.1 Å². The van der Waals surface area contributed by atoms with Crippen molar-refractivity contribution in [1.29, 1.82) is 0 Å². The highest BCUT2D eigenvalue weighted by atomic mass is 16.5. The van der Waals surface area contributed by atoms with Gasteiger partial charge >= 0.3 is 0 Å². The summed E-state index contributed by atoms with van der Waals surface area (Å²) < 4.78 is 11.2. The van der Waals surface area contributed by atoms with Crippen molar-refractivity contribution in [3.63, 3.8) is 0 Å². The number of likely N-dealkylation sites (tertiary alicyclic amines) is 1. The van der Waals surface area contributed by atoms with Crippen molar-refractivity contribution < 1.29 is 9.26 Å². The molecule has 0 unspecified atom stereocenters. The van der Waals surface area contributed by atoms with Crippen LogP contribution in [0.25, 0.3) is 11.0 Å². The minimum Gasteiger partial charge on any atom is -0.472 e. The largest absolute Gasteiger partial charge is 0.472 e. The van der Waals surface area contributed by atoms with Crippen LogP contribution in [0.15, 0.2) is 28.8 Å². The zero-order chi connectivity index (χ0) is 11.7. The first-order chi connectivity index (χ1) is 8.33. The highest BCUT2D eigenvalue weighted by Crippen LogP contribution is 2.26. The number of benzene rings is 1. The SMILES string of the molecule is CN1CCC(Oc2noc3ccccc23)CC1. The number of fused-ring (bicyclic) bond motifs is 1. The van der Waals surface area contributed by atoms with Gasteiger partial charge in [-0.05, 0) is 37.2 Å². The van der Waals surface area contributed by atoms with Gasteiger partial charge in [-0.25, -0.2) is 0 Å². The molecule has 2 heterocycles. The lowest BCUT2D eigenvalue weighted by molar-refractivity contribution is 0.107. The lowest BCUT2D eigenvalue weighted by atomic mass is 10.1. The summed E-state index contributed by atoms with van der Waals surface area (Å²) in [6, 6.07) is 7.80. The number of hydrogen-bond donors (Lipinski definition) is 0. The Balaban J connectivity index is 1.76. The first kappa shape index (κ1) is 10.6. The molecular weight excluding hydrogens is 216 g/mol. The Labute approximate surface area is 100 Å². The zero-order valence-electron chi connectivity index (χ0n) is 9.93. The maximum absolute atomic E-state index is 5.93. The topological polar surface area (TPSA) is 38.5 Å². The van der Waals surface area contributed by atoms with E-state index in [0.29, 0.717) is 5.88 Å². The summed E-state index contributed by atoms with van der Waals surface area (Å²) in [5, 5.41) is 4.96. The Bertz CT molecular complexity index is 501. The van der Waals surface area contributed by atoms with Crippen LogP contribution in [0.5, 0.6) is 5.88 Å². The number of hydrogen-bond acceptors (Lipinski definition) is 4. The summed E-state index contributed by atoms with van der Waals surface area (Å²) in [6.45, 7) is 2.17. The van der Waals surface area contributed by atoms with Crippen molar-refractivity contribution in [2.75, 3.05) is 20.1 Å². The van der Waals surface area contributed by atoms with Crippen LogP contribution in [0.1, 0.15) is 12.8 Å². The minimum absolute atomic E-state index is 0.264. The van der Waals surface area contributed by atoms with Crippen molar-refractivity contribution >= 4 is 11.0 Å². The van der Waals surface area contributed by atoms with Crippen LogP contribution in [0.3, 0.4) is 0 Å². The molecule has 1 aromatic carbocycles. The normalized spacial score (nSPS) is 18.6. The molecule has 2 aromatic rings. The van der Waals surface area contributed by atoms with Crippen molar-refractivity contribution in [3.05, 3.63) is 24.3 Å². The summed E-state index contributed by atoms with van der Waals surface area (Å²) in [6.07, 6.45) is 2.37. The van der Waals surface area contributed by atoms with Gasteiger partial charge in [0, 0.05) is 13.1 Å². The maximum Gasteiger partial charge on any atom is 0.262 e. The second-order valence-electron chi connectivity index (χ2n) is 4.60. The van der Waals surface area contributed by atoms with Gasteiger partial charge in [0.05, 0.1) is 5.39 Å². The third-order valence-electron chi connectivity index (χ3n) is 3.29. The van der Waals surface area contributed by atoms with E-state index >= 15 is 0 Å². The number of nitrogens with zero attached hydrogens (tertiary/aromatic N) is 2. The number of rotatable bonds is 2. The Morgan fingerprint density at radius 1 is 1.29 bits per heavy atom. The van der Waals surface area contributed by atoms with Gasteiger partial charge in [0.1, 0.15) is 6.10 Å². The summed E-state index contributed by atoms with van der Waals surface area (Å²) in [4.78, 5) is 2.32. The van der Waals surface area contributed by atoms with Crippen LogP contribution >= 0.6 is 0 Å². The fourth-order valence-electron chi connectivity index (χ4n) is 2.21. The lowest BCUT2D eigenvalue weighted by Gasteiger charge is -2.28. The summed E-state index contributed by atoms with van der Waals surface area (Å²) in [7, 11) is 2.14. The van der Waals surface area contributed by atoms with E-state index in [1.54, 1.807) is 0 Å². The van der Waals surface area contributed by atoms with E-state index in [1.165, 1.54) is 0 Å². The van der Waals surface area contributed by atoms with E-state index in [1.807, 2.05) is 24.3 Å². The quantitative estimate of drug-likeness (QED) is 0.796. The van der Waals surface area contributed by atoms with Gasteiger partial charge in [0.2, 0.25) is 0 Å². The molecule has 1 aliphatic rings. The molecule has 3 rings (SSSR count). The smallest absolute Gasteiger partial charge is 0.262 e. The number of ether oxygens (including phenoxy) is 1. The first-order valence-corrected chi connectivity index (χ1v) is 6.02. The molecule has 0 N–H and O–H groups in total. The molecule has 0 aliphatic carbocycles. The van der Waals surface area contributed by atoms with E-state index in [9.17, 15) is 0 Å². The third-order valence-corrected chi connectivity index (χ3v) is 3.29. The Morgan fingerprint density at radius 3 is 2.88 bits per heavy atom. The van der Waals surface area contributed by atoms with E-state index < -0.39 is 0 Å². The monoisotopic (exact) mass is 232 g/mol. The van der Waals surface area contributed by atoms with Crippen LogP contribution < -0.4 is 4.74 Å². The van der Waals surface area contributed by atoms with Crippen molar-refractivity contribution in [1.82, 2.24) is 10.1 Å². The average Bonchev–Trinajstić information content (AvgIpc) is 2.76. The molecule has 0 bridgehead atoms. The van der Waals surface area contributed by atoms with Crippen LogP contribution in [0.4, 0.5) is 0 Å². The molecule has 1 aromatic heterocycles. The molecule has 17 heavy (non-hydrogen) atoms. The fourth-order valence-corrected chi connectivity index (χ4v) is 2.21. The molecule has 1 fully saturated rings. The molecule has 4 nitrogen and oxygen atoms in total. The molecule has 0 amide bonds. The highest BCUT2D eigenvalue weighted by molar-refractivity contribution is 5.81. The Kier molecular flexibility index (Phi) is 2.73. The second kappa shape index (κ2) is 4.37. The van der Waals surface area contributed by atoms with Gasteiger partial charge in [0.15, 0.2) is 5.58 Å². The van der Waals surface area contributed by atoms with Gasteiger partial charge in [-0.2, -0.15) is 0 Å². The van der Waals surface area contributed by atoms with Crippen molar-refractivity contribution in [2.24, 2.45) is 0 Å². The standard InChI is InChI=1S/C13H16N2O2/c1-15-8-6-10(7-9-15)16-13-11-4-2-3-5-12(11)17-14-13/h2-5,10H,6-9H2,1H3. The molecule has 0 saturated carbocycles. The molecule has 1 saturated heterocycles. The highest BCUT2D eigenvalue weighted by Gasteiger charge is 2.20. The fraction of sp³-hybridized carbons (Fsp3) is 0.462. The number of piperidine rings is 1. The van der Waals surface area contributed by atoms with Crippen LogP contribution in [0, 0.1) is 0 Å². The maximum atomic E-state index is 5.93. The summed E-state index contributed by atoms with van der Waals surface area (Å²) in [5.41, 5.74) is 0.787. The Morgan fingerprint density at radius 2 is 2.06 bits per heavy atom. The molecule has 0 radical (unpaired) electrons. The predicted molar refractivity (Wildman–Crippen MR) is 65.2 cm³/mol. The van der Waals surface area contributed by atoms with Gasteiger partial charge in [-0.3, -0.25) is 0 Å². The van der Waals surface area contributed by atoms with E-state index in [2.05, 4.69) is 17.1 Å². The molecule has 4 heteroatoms.